The van der Waals surface area contributed by atoms with Crippen LogP contribution < -0.4 is 10.6 Å². The van der Waals surface area contributed by atoms with Gasteiger partial charge in [0.15, 0.2) is 0 Å². The van der Waals surface area contributed by atoms with E-state index in [2.05, 4.69) is 20.6 Å². The van der Waals surface area contributed by atoms with Crippen LogP contribution in [-0.2, 0) is 22.6 Å². The SMILES string of the molecule is O=C(NC(Cc1c[nH]c2ccccc12)C(=O)OCc1ccccc1)c1csc(C2CCCNC2)n1. The number of benzene rings is 2. The molecular formula is C27H28N4O3S. The molecule has 0 radical (unpaired) electrons. The van der Waals surface area contributed by atoms with Gasteiger partial charge in [-0.05, 0) is 36.6 Å². The maximum atomic E-state index is 13.1. The summed E-state index contributed by atoms with van der Waals surface area (Å²) in [5, 5.41) is 10.0. The number of nitrogens with zero attached hydrogens (tertiary/aromatic N) is 1. The largest absolute Gasteiger partial charge is 0.459 e. The van der Waals surface area contributed by atoms with Crippen LogP contribution in [0.4, 0.5) is 0 Å². The number of para-hydroxylation sites is 1. The molecule has 1 saturated heterocycles. The number of ether oxygens (including phenoxy) is 1. The van der Waals surface area contributed by atoms with E-state index in [0.717, 1.165) is 53.0 Å². The summed E-state index contributed by atoms with van der Waals surface area (Å²) in [4.78, 5) is 34.1. The molecule has 0 saturated carbocycles. The molecule has 1 fully saturated rings. The summed E-state index contributed by atoms with van der Waals surface area (Å²) in [5.74, 6) is -0.509. The lowest BCUT2D eigenvalue weighted by Crippen LogP contribution is -2.43. The fourth-order valence-corrected chi connectivity index (χ4v) is 5.35. The standard InChI is InChI=1S/C27H28N4O3S/c32-25(24-17-35-26(31-24)19-9-6-12-28-14-19)30-23(27(33)34-16-18-7-2-1-3-8-18)13-20-15-29-22-11-5-4-10-21(20)22/h1-5,7-8,10-11,15,17,19,23,28-29H,6,9,12-14,16H2,(H,30,32). The van der Waals surface area contributed by atoms with Gasteiger partial charge in [0.05, 0.1) is 5.01 Å². The Morgan fingerprint density at radius 1 is 1.14 bits per heavy atom. The molecular weight excluding hydrogens is 460 g/mol. The molecule has 1 amide bonds. The Morgan fingerprint density at radius 2 is 1.97 bits per heavy atom. The van der Waals surface area contributed by atoms with Crippen molar-refractivity contribution in [3.05, 3.63) is 88.0 Å². The molecule has 3 heterocycles. The topological polar surface area (TPSA) is 96.1 Å². The Balaban J connectivity index is 1.32. The highest BCUT2D eigenvalue weighted by molar-refractivity contribution is 7.09. The number of nitrogens with one attached hydrogen (secondary N) is 3. The monoisotopic (exact) mass is 488 g/mol. The molecule has 180 valence electrons. The lowest BCUT2D eigenvalue weighted by Gasteiger charge is -2.20. The number of carbonyl (C=O) groups excluding carboxylic acids is 2. The third-order valence-electron chi connectivity index (χ3n) is 6.31. The van der Waals surface area contributed by atoms with Gasteiger partial charge in [0.2, 0.25) is 0 Å². The van der Waals surface area contributed by atoms with E-state index in [4.69, 9.17) is 4.74 Å². The Bertz CT molecular complexity index is 1290. The van der Waals surface area contributed by atoms with E-state index in [1.165, 1.54) is 11.3 Å². The minimum Gasteiger partial charge on any atom is -0.459 e. The highest BCUT2D eigenvalue weighted by atomic mass is 32.1. The molecule has 2 aromatic heterocycles. The lowest BCUT2D eigenvalue weighted by molar-refractivity contribution is -0.147. The molecule has 2 atom stereocenters. The van der Waals surface area contributed by atoms with Gasteiger partial charge in [0.1, 0.15) is 18.3 Å². The molecule has 1 aliphatic heterocycles. The smallest absolute Gasteiger partial charge is 0.329 e. The fourth-order valence-electron chi connectivity index (χ4n) is 4.42. The third kappa shape index (κ3) is 5.61. The van der Waals surface area contributed by atoms with Gasteiger partial charge in [-0.15, -0.1) is 11.3 Å². The summed E-state index contributed by atoms with van der Waals surface area (Å²) < 4.78 is 5.60. The van der Waals surface area contributed by atoms with E-state index in [1.807, 2.05) is 60.8 Å². The van der Waals surface area contributed by atoms with E-state index in [9.17, 15) is 9.59 Å². The zero-order valence-corrected chi connectivity index (χ0v) is 20.1. The van der Waals surface area contributed by atoms with Crippen molar-refractivity contribution in [1.82, 2.24) is 20.6 Å². The van der Waals surface area contributed by atoms with Crippen LogP contribution in [0.25, 0.3) is 10.9 Å². The number of piperidine rings is 1. The Hall–Kier alpha value is -3.49. The number of aromatic nitrogens is 2. The number of carbonyl (C=O) groups is 2. The van der Waals surface area contributed by atoms with Crippen molar-refractivity contribution in [2.45, 2.75) is 37.8 Å². The minimum absolute atomic E-state index is 0.148. The zero-order valence-electron chi connectivity index (χ0n) is 19.3. The number of thiazole rings is 1. The first-order valence-corrected chi connectivity index (χ1v) is 12.8. The van der Waals surface area contributed by atoms with Crippen LogP contribution in [0, 0.1) is 0 Å². The first kappa shape index (κ1) is 23.3. The number of H-pyrrole nitrogens is 1. The Kier molecular flexibility index (Phi) is 7.20. The van der Waals surface area contributed by atoms with Gasteiger partial charge < -0.3 is 20.4 Å². The van der Waals surface area contributed by atoms with Crippen LogP contribution in [0.15, 0.2) is 66.2 Å². The number of amides is 1. The lowest BCUT2D eigenvalue weighted by atomic mass is 10.0. The van der Waals surface area contributed by atoms with Crippen molar-refractivity contribution in [3.63, 3.8) is 0 Å². The zero-order chi connectivity index (χ0) is 24.0. The first-order chi connectivity index (χ1) is 17.2. The average Bonchev–Trinajstić information content (AvgIpc) is 3.56. The molecule has 0 bridgehead atoms. The molecule has 35 heavy (non-hydrogen) atoms. The van der Waals surface area contributed by atoms with Crippen molar-refractivity contribution in [3.8, 4) is 0 Å². The van der Waals surface area contributed by atoms with Crippen LogP contribution in [0.2, 0.25) is 0 Å². The molecule has 0 aliphatic carbocycles. The normalized spacial score (nSPS) is 16.6. The van der Waals surface area contributed by atoms with Gasteiger partial charge in [-0.1, -0.05) is 48.5 Å². The maximum absolute atomic E-state index is 13.1. The molecule has 4 aromatic rings. The van der Waals surface area contributed by atoms with Crippen LogP contribution in [0.1, 0.15) is 45.4 Å². The number of fused-ring (bicyclic) bond motifs is 1. The summed E-state index contributed by atoms with van der Waals surface area (Å²) in [5.41, 5.74) is 3.16. The summed E-state index contributed by atoms with van der Waals surface area (Å²) in [6.07, 6.45) is 4.36. The molecule has 5 rings (SSSR count). The number of esters is 1. The average molecular weight is 489 g/mol. The second-order valence-electron chi connectivity index (χ2n) is 8.80. The van der Waals surface area contributed by atoms with E-state index >= 15 is 0 Å². The highest BCUT2D eigenvalue weighted by Gasteiger charge is 2.27. The molecule has 2 unspecified atom stereocenters. The summed E-state index contributed by atoms with van der Waals surface area (Å²) in [6.45, 7) is 2.05. The predicted octanol–water partition coefficient (Wildman–Crippen LogP) is 4.18. The van der Waals surface area contributed by atoms with Gasteiger partial charge in [0, 0.05) is 41.4 Å². The van der Waals surface area contributed by atoms with Crippen molar-refractivity contribution >= 4 is 34.1 Å². The maximum Gasteiger partial charge on any atom is 0.329 e. The van der Waals surface area contributed by atoms with E-state index in [1.54, 1.807) is 5.38 Å². The predicted molar refractivity (Wildman–Crippen MR) is 136 cm³/mol. The second-order valence-corrected chi connectivity index (χ2v) is 9.69. The first-order valence-electron chi connectivity index (χ1n) is 11.9. The van der Waals surface area contributed by atoms with Crippen molar-refractivity contribution in [2.24, 2.45) is 0 Å². The molecule has 7 nitrogen and oxygen atoms in total. The van der Waals surface area contributed by atoms with Crippen LogP contribution in [0.5, 0.6) is 0 Å². The van der Waals surface area contributed by atoms with Gasteiger partial charge in [-0.25, -0.2) is 9.78 Å². The quantitative estimate of drug-likeness (QED) is 0.324. The summed E-state index contributed by atoms with van der Waals surface area (Å²) in [7, 11) is 0. The molecule has 0 spiro atoms. The van der Waals surface area contributed by atoms with Gasteiger partial charge in [0.25, 0.3) is 5.91 Å². The van der Waals surface area contributed by atoms with Gasteiger partial charge in [-0.3, -0.25) is 4.79 Å². The Morgan fingerprint density at radius 3 is 2.80 bits per heavy atom. The fraction of sp³-hybridized carbons (Fsp3) is 0.296. The third-order valence-corrected chi connectivity index (χ3v) is 7.32. The molecule has 8 heteroatoms. The second kappa shape index (κ2) is 10.8. The number of hydrogen-bond acceptors (Lipinski definition) is 6. The molecule has 2 aromatic carbocycles. The van der Waals surface area contributed by atoms with E-state index < -0.39 is 12.0 Å². The van der Waals surface area contributed by atoms with E-state index in [-0.39, 0.29) is 12.5 Å². The van der Waals surface area contributed by atoms with Crippen LogP contribution in [0.3, 0.4) is 0 Å². The molecule has 3 N–H and O–H groups in total. The van der Waals surface area contributed by atoms with E-state index in [0.29, 0.717) is 18.0 Å². The van der Waals surface area contributed by atoms with Crippen LogP contribution in [-0.4, -0.2) is 41.0 Å². The minimum atomic E-state index is -0.841. The number of aromatic amines is 1. The summed E-state index contributed by atoms with van der Waals surface area (Å²) >= 11 is 1.50. The highest BCUT2D eigenvalue weighted by Crippen LogP contribution is 2.26. The number of rotatable bonds is 8. The van der Waals surface area contributed by atoms with Crippen LogP contribution >= 0.6 is 11.3 Å². The van der Waals surface area contributed by atoms with Gasteiger partial charge in [-0.2, -0.15) is 0 Å². The number of hydrogen-bond donors (Lipinski definition) is 3. The summed E-state index contributed by atoms with van der Waals surface area (Å²) in [6, 6.07) is 16.6. The van der Waals surface area contributed by atoms with Gasteiger partial charge >= 0.3 is 5.97 Å². The van der Waals surface area contributed by atoms with Crippen molar-refractivity contribution in [1.29, 1.82) is 0 Å². The van der Waals surface area contributed by atoms with Crippen molar-refractivity contribution in [2.75, 3.05) is 13.1 Å². The Labute approximate surface area is 207 Å². The van der Waals surface area contributed by atoms with Crippen molar-refractivity contribution < 1.29 is 14.3 Å². The molecule has 1 aliphatic rings.